The Labute approximate surface area is 280 Å². The minimum absolute atomic E-state index is 0.578. The van der Waals surface area contributed by atoms with E-state index in [1.54, 1.807) is 0 Å². The van der Waals surface area contributed by atoms with Crippen molar-refractivity contribution in [3.8, 4) is 22.3 Å². The third-order valence-corrected chi connectivity index (χ3v) is 7.45. The number of aryl methyl sites for hydroxylation is 4. The van der Waals surface area contributed by atoms with Crippen LogP contribution >= 0.6 is 17.0 Å². The van der Waals surface area contributed by atoms with Crippen molar-refractivity contribution >= 4 is 48.1 Å². The summed E-state index contributed by atoms with van der Waals surface area (Å²) in [5.41, 5.74) is 12.1. The molecule has 0 amide bonds. The van der Waals surface area contributed by atoms with Gasteiger partial charge in [-0.2, -0.15) is 12.1 Å². The molecule has 0 atom stereocenters. The van der Waals surface area contributed by atoms with Crippen molar-refractivity contribution in [1.82, 2.24) is 0 Å². The summed E-state index contributed by atoms with van der Waals surface area (Å²) < 4.78 is 0. The van der Waals surface area contributed by atoms with E-state index in [4.69, 9.17) is 17.0 Å². The Kier molecular flexibility index (Phi) is 14.2. The van der Waals surface area contributed by atoms with Crippen LogP contribution in [-0.4, -0.2) is 9.52 Å². The molecule has 0 aliphatic heterocycles. The van der Waals surface area contributed by atoms with Crippen molar-refractivity contribution in [3.63, 3.8) is 0 Å². The number of fused-ring (bicyclic) bond motifs is 2. The van der Waals surface area contributed by atoms with Crippen LogP contribution in [0.2, 0.25) is 13.1 Å². The molecule has 0 spiro atoms. The summed E-state index contributed by atoms with van der Waals surface area (Å²) >= 11 is -0.826. The average molecular weight is 701 g/mol. The number of halogens is 2. The Morgan fingerprint density at radius 3 is 1.93 bits per heavy atom. The van der Waals surface area contributed by atoms with Gasteiger partial charge in [0.25, 0.3) is 0 Å². The van der Waals surface area contributed by atoms with Crippen LogP contribution in [0.1, 0.15) is 47.6 Å². The van der Waals surface area contributed by atoms with Crippen molar-refractivity contribution in [1.29, 1.82) is 0 Å². The van der Waals surface area contributed by atoms with E-state index < -0.39 is 20.8 Å². The normalized spacial score (nSPS) is 10.3. The summed E-state index contributed by atoms with van der Waals surface area (Å²) in [5.74, 6) is 0.578. The Morgan fingerprint density at radius 2 is 1.30 bits per heavy atom. The van der Waals surface area contributed by atoms with Gasteiger partial charge in [-0.15, -0.1) is 68.6 Å². The van der Waals surface area contributed by atoms with Gasteiger partial charge in [0, 0.05) is 9.52 Å². The van der Waals surface area contributed by atoms with Crippen LogP contribution in [0.5, 0.6) is 0 Å². The zero-order valence-electron chi connectivity index (χ0n) is 26.6. The SMILES string of the molecule is C[Si]C.Cc1cc2c(-c3ccccc3)ccc(C)c2[cH-]1.Cc1ccc(-c2cccc3[cH-]c(C(C)C)cc23)c(C)c1.[Cl][Zr+2][Cl]. The van der Waals surface area contributed by atoms with E-state index in [1.807, 2.05) is 0 Å². The van der Waals surface area contributed by atoms with Crippen LogP contribution in [0.25, 0.3) is 43.8 Å². The standard InChI is InChI=1S/C20H21.C17H15.C2H6Si.2ClH.Zr/c1-13(2)17-11-16-6-5-7-19(20(16)12-17)18-9-8-14(3)10-15(18)4;1-12-10-16-13(2)8-9-15(17(16)11-12)14-6-4-3-5-7-14;1-3-2;;;/h5-13H,1-4H3;3-11H,1-2H3;1-2H3;2*1H;/q2*-1;;;;+4/p-2. The molecule has 6 rings (SSSR count). The average Bonchev–Trinajstić information content (AvgIpc) is 3.60. The maximum absolute atomic E-state index is 4.93. The first-order valence-corrected chi connectivity index (χ1v) is 23.0. The first kappa shape index (κ1) is 35.3. The zero-order chi connectivity index (χ0) is 31.5. The van der Waals surface area contributed by atoms with E-state index in [1.165, 1.54) is 71.6 Å². The van der Waals surface area contributed by atoms with Crippen molar-refractivity contribution in [2.24, 2.45) is 0 Å². The molecule has 0 unspecified atom stereocenters. The molecule has 6 aromatic carbocycles. The second-order valence-electron chi connectivity index (χ2n) is 11.3. The molecule has 0 aliphatic rings. The molecule has 43 heavy (non-hydrogen) atoms. The van der Waals surface area contributed by atoms with Gasteiger partial charge >= 0.3 is 37.9 Å². The van der Waals surface area contributed by atoms with E-state index in [9.17, 15) is 0 Å². The van der Waals surface area contributed by atoms with Crippen LogP contribution in [0.3, 0.4) is 0 Å². The molecule has 6 aromatic rings. The van der Waals surface area contributed by atoms with Crippen molar-refractivity contribution in [2.45, 2.75) is 60.6 Å². The maximum atomic E-state index is 4.93. The monoisotopic (exact) mass is 698 g/mol. The molecule has 0 nitrogen and oxygen atoms in total. The number of benzene rings is 4. The third-order valence-electron chi connectivity index (χ3n) is 7.45. The molecule has 220 valence electrons. The van der Waals surface area contributed by atoms with Gasteiger partial charge in [0.15, 0.2) is 0 Å². The van der Waals surface area contributed by atoms with Crippen LogP contribution in [0, 0.1) is 27.7 Å². The van der Waals surface area contributed by atoms with Gasteiger partial charge in [0.1, 0.15) is 0 Å². The van der Waals surface area contributed by atoms with Crippen LogP contribution < -0.4 is 0 Å². The molecule has 0 saturated heterocycles. The summed E-state index contributed by atoms with van der Waals surface area (Å²) in [4.78, 5) is 0. The van der Waals surface area contributed by atoms with Gasteiger partial charge in [-0.1, -0.05) is 118 Å². The fourth-order valence-corrected chi connectivity index (χ4v) is 5.40. The third kappa shape index (κ3) is 9.39. The van der Waals surface area contributed by atoms with Gasteiger partial charge in [0.2, 0.25) is 0 Å². The Bertz CT molecular complexity index is 1730. The first-order chi connectivity index (χ1) is 20.6. The van der Waals surface area contributed by atoms with E-state index in [-0.39, 0.29) is 0 Å². The molecule has 0 bridgehead atoms. The molecule has 0 saturated carbocycles. The van der Waals surface area contributed by atoms with Crippen LogP contribution in [-0.2, 0) is 20.8 Å². The van der Waals surface area contributed by atoms with E-state index in [0.29, 0.717) is 5.92 Å². The molecule has 0 aromatic heterocycles. The fourth-order valence-electron chi connectivity index (χ4n) is 5.40. The molecule has 0 aliphatic carbocycles. The summed E-state index contributed by atoms with van der Waals surface area (Å²) in [7, 11) is 11.0. The number of hydrogen-bond donors (Lipinski definition) is 0. The molecular weight excluding hydrogens is 659 g/mol. The van der Waals surface area contributed by atoms with Crippen LogP contribution in [0.15, 0.2) is 103 Å². The van der Waals surface area contributed by atoms with Crippen molar-refractivity contribution in [2.75, 3.05) is 0 Å². The minimum atomic E-state index is -0.826. The summed E-state index contributed by atoms with van der Waals surface area (Å²) in [5, 5.41) is 5.48. The van der Waals surface area contributed by atoms with Gasteiger partial charge in [-0.05, 0) is 36.5 Å². The summed E-state index contributed by atoms with van der Waals surface area (Å²) in [6.07, 6.45) is 0. The second kappa shape index (κ2) is 17.3. The Balaban J connectivity index is 0.000000201. The van der Waals surface area contributed by atoms with Crippen molar-refractivity contribution in [3.05, 3.63) is 131 Å². The number of hydrogen-bond acceptors (Lipinski definition) is 0. The van der Waals surface area contributed by atoms with Gasteiger partial charge in [-0.25, -0.2) is 0 Å². The molecule has 0 heterocycles. The summed E-state index contributed by atoms with van der Waals surface area (Å²) in [6, 6.07) is 37.6. The predicted molar refractivity (Wildman–Crippen MR) is 192 cm³/mol. The Morgan fingerprint density at radius 1 is 0.651 bits per heavy atom. The quantitative estimate of drug-likeness (QED) is 0.127. The summed E-state index contributed by atoms with van der Waals surface area (Å²) in [6.45, 7) is 17.5. The predicted octanol–water partition coefficient (Wildman–Crippen LogP) is 13.0. The van der Waals surface area contributed by atoms with E-state index in [2.05, 4.69) is 158 Å². The molecule has 2 radical (unpaired) electrons. The van der Waals surface area contributed by atoms with Gasteiger partial charge < -0.3 is 0 Å². The van der Waals surface area contributed by atoms with E-state index >= 15 is 0 Å². The Hall–Kier alpha value is -2.22. The molecule has 0 N–H and O–H groups in total. The fraction of sp³-hybridized carbons (Fsp3) is 0.231. The number of rotatable bonds is 3. The van der Waals surface area contributed by atoms with Gasteiger partial charge in [0.05, 0.1) is 0 Å². The second-order valence-corrected chi connectivity index (χ2v) is 16.0. The zero-order valence-corrected chi connectivity index (χ0v) is 31.6. The van der Waals surface area contributed by atoms with Gasteiger partial charge in [-0.3, -0.25) is 0 Å². The first-order valence-electron chi connectivity index (χ1n) is 14.7. The molecule has 0 fully saturated rings. The molecular formula is C39H42Cl2SiZr. The molecule has 4 heteroatoms. The topological polar surface area (TPSA) is 0 Å². The van der Waals surface area contributed by atoms with Crippen molar-refractivity contribution < 1.29 is 20.8 Å². The van der Waals surface area contributed by atoms with E-state index in [0.717, 1.165) is 9.52 Å². The van der Waals surface area contributed by atoms with Crippen LogP contribution in [0.4, 0.5) is 0 Å².